The van der Waals surface area contributed by atoms with Crippen molar-refractivity contribution in [1.82, 2.24) is 9.38 Å². The average Bonchev–Trinajstić information content (AvgIpc) is 2.90. The Balaban J connectivity index is 2.17. The Kier molecular flexibility index (Phi) is 3.78. The maximum Gasteiger partial charge on any atom is 0.279 e. The highest BCUT2D eigenvalue weighted by molar-refractivity contribution is 7.92. The molecular weight excluding hydrogens is 362 g/mol. The van der Waals surface area contributed by atoms with Crippen molar-refractivity contribution in [3.05, 3.63) is 50.8 Å². The second kappa shape index (κ2) is 5.52. The number of anilines is 1. The minimum absolute atomic E-state index is 0.0754. The summed E-state index contributed by atoms with van der Waals surface area (Å²) in [6.07, 6.45) is 1.45. The second-order valence-electron chi connectivity index (χ2n) is 4.65. The number of fused-ring (bicyclic) bond motifs is 1. The lowest BCUT2D eigenvalue weighted by Crippen LogP contribution is -2.27. The number of aromatic hydroxyl groups is 1. The molecule has 2 aromatic heterocycles. The molecule has 2 N–H and O–H groups in total. The maximum atomic E-state index is 12.6. The number of aromatic nitrogens is 2. The van der Waals surface area contributed by atoms with Gasteiger partial charge in [0.1, 0.15) is 5.75 Å². The number of thiazole rings is 1. The zero-order valence-corrected chi connectivity index (χ0v) is 14.0. The molecule has 0 radical (unpaired) electrons. The normalized spacial score (nSPS) is 11.7. The highest BCUT2D eigenvalue weighted by Crippen LogP contribution is 2.28. The lowest BCUT2D eigenvalue weighted by Gasteiger charge is -2.11. The zero-order valence-electron chi connectivity index (χ0n) is 11.6. The van der Waals surface area contributed by atoms with E-state index in [4.69, 9.17) is 11.6 Å². The Labute approximate surface area is 139 Å². The predicted octanol–water partition coefficient (Wildman–Crippen LogP) is 2.22. The van der Waals surface area contributed by atoms with Crippen LogP contribution in [-0.2, 0) is 10.0 Å². The summed E-state index contributed by atoms with van der Waals surface area (Å²) in [5, 5.41) is 11.6. The van der Waals surface area contributed by atoms with Gasteiger partial charge in [-0.25, -0.2) is 13.4 Å². The van der Waals surface area contributed by atoms with Gasteiger partial charge in [0.2, 0.25) is 0 Å². The largest absolute Gasteiger partial charge is 0.506 e. The van der Waals surface area contributed by atoms with E-state index in [0.29, 0.717) is 4.96 Å². The quantitative estimate of drug-likeness (QED) is 0.687. The van der Waals surface area contributed by atoms with Gasteiger partial charge < -0.3 is 5.11 Å². The summed E-state index contributed by atoms with van der Waals surface area (Å²) in [5.74, 6) is -0.305. The molecule has 0 spiro atoms. The van der Waals surface area contributed by atoms with Crippen molar-refractivity contribution < 1.29 is 13.5 Å². The predicted molar refractivity (Wildman–Crippen MR) is 88.0 cm³/mol. The Bertz CT molecular complexity index is 1070. The first-order valence-electron chi connectivity index (χ1n) is 6.27. The number of phenolic OH excluding ortho intramolecular Hbond substituents is 1. The zero-order chi connectivity index (χ0) is 16.8. The van der Waals surface area contributed by atoms with E-state index >= 15 is 0 Å². The Morgan fingerprint density at radius 1 is 1.39 bits per heavy atom. The summed E-state index contributed by atoms with van der Waals surface area (Å²) in [7, 11) is -4.24. The third-order valence-electron chi connectivity index (χ3n) is 3.07. The van der Waals surface area contributed by atoms with E-state index in [1.807, 2.05) is 0 Å². The van der Waals surface area contributed by atoms with Gasteiger partial charge in [0.05, 0.1) is 11.4 Å². The second-order valence-corrected chi connectivity index (χ2v) is 7.58. The van der Waals surface area contributed by atoms with E-state index in [9.17, 15) is 18.3 Å². The first kappa shape index (κ1) is 15.8. The fourth-order valence-corrected chi connectivity index (χ4v) is 4.30. The van der Waals surface area contributed by atoms with Crippen molar-refractivity contribution in [2.24, 2.45) is 0 Å². The highest BCUT2D eigenvalue weighted by atomic mass is 35.5. The molecule has 120 valence electrons. The van der Waals surface area contributed by atoms with Crippen LogP contribution in [0.1, 0.15) is 5.69 Å². The van der Waals surface area contributed by atoms with Crippen molar-refractivity contribution in [2.75, 3.05) is 4.72 Å². The van der Waals surface area contributed by atoms with E-state index in [1.54, 1.807) is 5.38 Å². The minimum atomic E-state index is -4.24. The average molecular weight is 372 g/mol. The van der Waals surface area contributed by atoms with Crippen molar-refractivity contribution in [2.45, 2.75) is 11.8 Å². The highest BCUT2D eigenvalue weighted by Gasteiger charge is 2.25. The van der Waals surface area contributed by atoms with Crippen LogP contribution in [0.25, 0.3) is 4.96 Å². The first-order chi connectivity index (χ1) is 10.8. The maximum absolute atomic E-state index is 12.6. The fourth-order valence-electron chi connectivity index (χ4n) is 2.06. The molecule has 0 amide bonds. The van der Waals surface area contributed by atoms with Crippen molar-refractivity contribution in [3.8, 4) is 5.75 Å². The number of rotatable bonds is 3. The van der Waals surface area contributed by atoms with Gasteiger partial charge >= 0.3 is 0 Å². The number of phenols is 1. The van der Waals surface area contributed by atoms with E-state index in [2.05, 4.69) is 9.71 Å². The number of sulfonamides is 1. The molecule has 0 atom stereocenters. The molecule has 1 aromatic carbocycles. The van der Waals surface area contributed by atoms with Crippen LogP contribution in [0.3, 0.4) is 0 Å². The van der Waals surface area contributed by atoms with Gasteiger partial charge in [-0.05, 0) is 25.1 Å². The smallest absolute Gasteiger partial charge is 0.279 e. The number of halogens is 1. The molecule has 2 heterocycles. The van der Waals surface area contributed by atoms with Crippen LogP contribution >= 0.6 is 22.9 Å². The number of aryl methyl sites for hydroxylation is 1. The Hall–Kier alpha value is -2.10. The molecule has 3 rings (SSSR count). The SMILES string of the molecule is Cc1nc2sccn2c(=O)c1S(=O)(=O)Nc1cc(Cl)ccc1O. The molecule has 0 saturated heterocycles. The molecule has 0 fully saturated rings. The minimum Gasteiger partial charge on any atom is -0.506 e. The summed E-state index contributed by atoms with van der Waals surface area (Å²) >= 11 is 7.02. The number of hydrogen-bond acceptors (Lipinski definition) is 6. The lowest BCUT2D eigenvalue weighted by molar-refractivity contribution is 0.477. The van der Waals surface area contributed by atoms with Gasteiger partial charge in [-0.15, -0.1) is 11.3 Å². The van der Waals surface area contributed by atoms with Crippen LogP contribution in [0.4, 0.5) is 5.69 Å². The van der Waals surface area contributed by atoms with Gasteiger partial charge in [-0.2, -0.15) is 0 Å². The van der Waals surface area contributed by atoms with Crippen LogP contribution in [0.5, 0.6) is 5.75 Å². The van der Waals surface area contributed by atoms with Gasteiger partial charge in [0.15, 0.2) is 9.86 Å². The lowest BCUT2D eigenvalue weighted by atomic mass is 10.3. The standard InChI is InChI=1S/C13H10ClN3O4S2/c1-7-11(12(19)17-4-5-22-13(17)15-7)23(20,21)16-9-6-8(14)2-3-10(9)18/h2-6,16,18H,1H3. The molecule has 23 heavy (non-hydrogen) atoms. The first-order valence-corrected chi connectivity index (χ1v) is 9.01. The van der Waals surface area contributed by atoms with Crippen LogP contribution in [0.2, 0.25) is 5.02 Å². The van der Waals surface area contributed by atoms with E-state index in [-0.39, 0.29) is 22.2 Å². The Morgan fingerprint density at radius 3 is 2.87 bits per heavy atom. The topological polar surface area (TPSA) is 101 Å². The van der Waals surface area contributed by atoms with Crippen molar-refractivity contribution in [3.63, 3.8) is 0 Å². The van der Waals surface area contributed by atoms with Crippen molar-refractivity contribution >= 4 is 43.6 Å². The van der Waals surface area contributed by atoms with Gasteiger partial charge in [-0.3, -0.25) is 13.9 Å². The van der Waals surface area contributed by atoms with E-state index in [0.717, 1.165) is 4.40 Å². The molecule has 10 heteroatoms. The van der Waals surface area contributed by atoms with Crippen LogP contribution in [0, 0.1) is 6.92 Å². The molecule has 0 aliphatic heterocycles. The molecule has 0 aliphatic rings. The van der Waals surface area contributed by atoms with Gasteiger partial charge in [-0.1, -0.05) is 11.6 Å². The molecular formula is C13H10ClN3O4S2. The molecule has 0 bridgehead atoms. The summed E-state index contributed by atoms with van der Waals surface area (Å²) < 4.78 is 28.4. The molecule has 0 saturated carbocycles. The van der Waals surface area contributed by atoms with Crippen molar-refractivity contribution in [1.29, 1.82) is 0 Å². The van der Waals surface area contributed by atoms with E-state index in [1.165, 1.54) is 42.7 Å². The number of nitrogens with one attached hydrogen (secondary N) is 1. The fraction of sp³-hybridized carbons (Fsp3) is 0.0769. The third kappa shape index (κ3) is 2.78. The van der Waals surface area contributed by atoms with Gasteiger partial charge in [0, 0.05) is 16.6 Å². The van der Waals surface area contributed by atoms with Crippen LogP contribution in [0.15, 0.2) is 39.5 Å². The summed E-state index contributed by atoms with van der Waals surface area (Å²) in [5.41, 5.74) is -0.749. The van der Waals surface area contributed by atoms with Crippen LogP contribution < -0.4 is 10.3 Å². The molecule has 7 nitrogen and oxygen atoms in total. The van der Waals surface area contributed by atoms with E-state index < -0.39 is 20.5 Å². The third-order valence-corrected chi connectivity index (χ3v) is 5.55. The summed E-state index contributed by atoms with van der Waals surface area (Å²) in [6.45, 7) is 1.44. The summed E-state index contributed by atoms with van der Waals surface area (Å²) in [4.78, 5) is 16.5. The monoisotopic (exact) mass is 371 g/mol. The molecule has 0 aliphatic carbocycles. The number of hydrogen-bond donors (Lipinski definition) is 2. The number of nitrogens with zero attached hydrogens (tertiary/aromatic N) is 2. The van der Waals surface area contributed by atoms with Crippen LogP contribution in [-0.4, -0.2) is 22.9 Å². The molecule has 0 unspecified atom stereocenters. The van der Waals surface area contributed by atoms with Gasteiger partial charge in [0.25, 0.3) is 15.6 Å². The molecule has 3 aromatic rings. The number of benzene rings is 1. The Morgan fingerprint density at radius 2 is 2.13 bits per heavy atom. The summed E-state index contributed by atoms with van der Waals surface area (Å²) in [6, 6.07) is 3.91.